The molecule has 0 spiro atoms. The van der Waals surface area contributed by atoms with Crippen LogP contribution in [0.4, 0.5) is 0 Å². The van der Waals surface area contributed by atoms with Gasteiger partial charge in [0.25, 0.3) is 0 Å². The SMILES string of the molecule is Cc1[nH]nc(CO)c1S(=O)(=O)NC(C)CCCC(C)C. The molecule has 0 aromatic carbocycles. The maximum atomic E-state index is 12.3. The first kappa shape index (κ1) is 17.1. The molecule has 1 heterocycles. The van der Waals surface area contributed by atoms with E-state index in [1.54, 1.807) is 6.92 Å². The summed E-state index contributed by atoms with van der Waals surface area (Å²) in [6.45, 7) is 7.38. The molecule has 7 heteroatoms. The molecule has 1 rings (SSSR count). The van der Waals surface area contributed by atoms with E-state index in [-0.39, 0.29) is 16.6 Å². The van der Waals surface area contributed by atoms with E-state index in [0.29, 0.717) is 11.6 Å². The molecule has 6 nitrogen and oxygen atoms in total. The molecule has 116 valence electrons. The topological polar surface area (TPSA) is 95.1 Å². The number of aliphatic hydroxyl groups excluding tert-OH is 1. The van der Waals surface area contributed by atoms with Gasteiger partial charge in [0.1, 0.15) is 10.6 Å². The first-order valence-corrected chi connectivity index (χ1v) is 8.43. The monoisotopic (exact) mass is 303 g/mol. The highest BCUT2D eigenvalue weighted by Crippen LogP contribution is 2.18. The summed E-state index contributed by atoms with van der Waals surface area (Å²) in [5.41, 5.74) is 0.598. The number of rotatable bonds is 8. The summed E-state index contributed by atoms with van der Waals surface area (Å²) >= 11 is 0. The molecule has 1 unspecified atom stereocenters. The predicted molar refractivity (Wildman–Crippen MR) is 77.7 cm³/mol. The maximum Gasteiger partial charge on any atom is 0.244 e. The molecule has 0 saturated heterocycles. The normalized spacial score (nSPS) is 13.9. The molecule has 1 aromatic heterocycles. The standard InChI is InChI=1S/C13H25N3O3S/c1-9(2)6-5-7-10(3)16-20(18,19)13-11(4)14-15-12(13)8-17/h9-10,16-17H,5-8H2,1-4H3,(H,14,15). The average Bonchev–Trinajstić information content (AvgIpc) is 2.69. The van der Waals surface area contributed by atoms with Crippen LogP contribution in [-0.4, -0.2) is 29.8 Å². The fraction of sp³-hybridized carbons (Fsp3) is 0.769. The first-order valence-electron chi connectivity index (χ1n) is 6.95. The van der Waals surface area contributed by atoms with E-state index < -0.39 is 16.6 Å². The minimum Gasteiger partial charge on any atom is -0.390 e. The number of sulfonamides is 1. The summed E-state index contributed by atoms with van der Waals surface area (Å²) < 4.78 is 27.3. The fourth-order valence-corrected chi connectivity index (χ4v) is 3.78. The Hall–Kier alpha value is -0.920. The molecule has 0 amide bonds. The molecule has 1 atom stereocenters. The highest BCUT2D eigenvalue weighted by molar-refractivity contribution is 7.89. The number of aryl methyl sites for hydroxylation is 1. The van der Waals surface area contributed by atoms with E-state index in [0.717, 1.165) is 19.3 Å². The molecular formula is C13H25N3O3S. The second kappa shape index (κ2) is 7.19. The van der Waals surface area contributed by atoms with Crippen LogP contribution >= 0.6 is 0 Å². The van der Waals surface area contributed by atoms with Crippen molar-refractivity contribution in [2.24, 2.45) is 5.92 Å². The summed E-state index contributed by atoms with van der Waals surface area (Å²) in [7, 11) is -3.64. The van der Waals surface area contributed by atoms with Crippen LogP contribution in [0.5, 0.6) is 0 Å². The molecule has 0 fully saturated rings. The van der Waals surface area contributed by atoms with Crippen LogP contribution in [0.1, 0.15) is 51.4 Å². The van der Waals surface area contributed by atoms with Crippen molar-refractivity contribution in [2.45, 2.75) is 64.5 Å². The summed E-state index contributed by atoms with van der Waals surface area (Å²) in [5, 5.41) is 15.6. The summed E-state index contributed by atoms with van der Waals surface area (Å²) in [6, 6.07) is -0.139. The Balaban J connectivity index is 2.72. The minimum atomic E-state index is -3.64. The maximum absolute atomic E-state index is 12.3. The Morgan fingerprint density at radius 2 is 1.95 bits per heavy atom. The average molecular weight is 303 g/mol. The predicted octanol–water partition coefficient (Wildman–Crippen LogP) is 1.70. The van der Waals surface area contributed by atoms with E-state index >= 15 is 0 Å². The van der Waals surface area contributed by atoms with E-state index in [2.05, 4.69) is 28.8 Å². The number of nitrogens with one attached hydrogen (secondary N) is 2. The van der Waals surface area contributed by atoms with Crippen LogP contribution in [0, 0.1) is 12.8 Å². The van der Waals surface area contributed by atoms with Crippen LogP contribution in [0.3, 0.4) is 0 Å². The number of hydrogen-bond donors (Lipinski definition) is 3. The lowest BCUT2D eigenvalue weighted by Gasteiger charge is -2.15. The van der Waals surface area contributed by atoms with Gasteiger partial charge in [0.15, 0.2) is 0 Å². The molecule has 20 heavy (non-hydrogen) atoms. The van der Waals surface area contributed by atoms with Gasteiger partial charge in [-0.1, -0.05) is 26.7 Å². The van der Waals surface area contributed by atoms with Gasteiger partial charge in [-0.2, -0.15) is 5.10 Å². The molecular weight excluding hydrogens is 278 g/mol. The first-order chi connectivity index (χ1) is 9.27. The van der Waals surface area contributed by atoms with E-state index in [9.17, 15) is 8.42 Å². The second-order valence-corrected chi connectivity index (χ2v) is 7.28. The van der Waals surface area contributed by atoms with Gasteiger partial charge in [-0.25, -0.2) is 13.1 Å². The van der Waals surface area contributed by atoms with Crippen molar-refractivity contribution in [2.75, 3.05) is 0 Å². The zero-order chi connectivity index (χ0) is 15.3. The number of nitrogens with zero attached hydrogens (tertiary/aromatic N) is 1. The Labute approximate surface area is 121 Å². The minimum absolute atomic E-state index is 0.0655. The number of hydrogen-bond acceptors (Lipinski definition) is 4. The Kier molecular flexibility index (Phi) is 6.16. The van der Waals surface area contributed by atoms with E-state index in [1.807, 2.05) is 6.92 Å². The third kappa shape index (κ3) is 4.57. The van der Waals surface area contributed by atoms with Crippen molar-refractivity contribution < 1.29 is 13.5 Å². The molecule has 0 aliphatic rings. The summed E-state index contributed by atoms with van der Waals surface area (Å²) in [6.07, 6.45) is 2.86. The van der Waals surface area contributed by atoms with Crippen LogP contribution < -0.4 is 4.72 Å². The third-order valence-electron chi connectivity index (χ3n) is 3.15. The van der Waals surface area contributed by atoms with E-state index in [1.165, 1.54) is 0 Å². The van der Waals surface area contributed by atoms with Crippen LogP contribution in [0.15, 0.2) is 4.90 Å². The number of aliphatic hydroxyl groups is 1. The zero-order valence-electron chi connectivity index (χ0n) is 12.6. The van der Waals surface area contributed by atoms with E-state index in [4.69, 9.17) is 5.11 Å². The number of aromatic nitrogens is 2. The lowest BCUT2D eigenvalue weighted by molar-refractivity contribution is 0.273. The molecule has 3 N–H and O–H groups in total. The Morgan fingerprint density at radius 1 is 1.30 bits per heavy atom. The van der Waals surface area contributed by atoms with Gasteiger partial charge < -0.3 is 5.11 Å². The van der Waals surface area contributed by atoms with Crippen molar-refractivity contribution in [3.05, 3.63) is 11.4 Å². The molecule has 1 aromatic rings. The molecule has 0 bridgehead atoms. The summed E-state index contributed by atoms with van der Waals surface area (Å²) in [5.74, 6) is 0.621. The van der Waals surface area contributed by atoms with Crippen LogP contribution in [-0.2, 0) is 16.6 Å². The van der Waals surface area contributed by atoms with Gasteiger partial charge in [-0.05, 0) is 26.2 Å². The van der Waals surface area contributed by atoms with Gasteiger partial charge in [-0.3, -0.25) is 5.10 Å². The van der Waals surface area contributed by atoms with Gasteiger partial charge in [0.05, 0.1) is 12.3 Å². The molecule has 0 radical (unpaired) electrons. The van der Waals surface area contributed by atoms with Crippen molar-refractivity contribution >= 4 is 10.0 Å². The van der Waals surface area contributed by atoms with Gasteiger partial charge in [0, 0.05) is 6.04 Å². The summed E-state index contributed by atoms with van der Waals surface area (Å²) in [4.78, 5) is 0.0655. The molecule has 0 aliphatic carbocycles. The highest BCUT2D eigenvalue weighted by Gasteiger charge is 2.25. The van der Waals surface area contributed by atoms with Crippen molar-refractivity contribution in [3.63, 3.8) is 0 Å². The molecule has 0 saturated carbocycles. The number of aromatic amines is 1. The Bertz CT molecular complexity index is 523. The molecule has 0 aliphatic heterocycles. The fourth-order valence-electron chi connectivity index (χ4n) is 2.15. The van der Waals surface area contributed by atoms with Gasteiger partial charge >= 0.3 is 0 Å². The van der Waals surface area contributed by atoms with Crippen molar-refractivity contribution in [3.8, 4) is 0 Å². The highest BCUT2D eigenvalue weighted by atomic mass is 32.2. The lowest BCUT2D eigenvalue weighted by Crippen LogP contribution is -2.33. The number of H-pyrrole nitrogens is 1. The lowest BCUT2D eigenvalue weighted by atomic mass is 10.0. The second-order valence-electron chi connectivity index (χ2n) is 5.63. The quantitative estimate of drug-likeness (QED) is 0.681. The largest absolute Gasteiger partial charge is 0.390 e. The van der Waals surface area contributed by atoms with Crippen LogP contribution in [0.25, 0.3) is 0 Å². The van der Waals surface area contributed by atoms with Gasteiger partial charge in [0.2, 0.25) is 10.0 Å². The third-order valence-corrected chi connectivity index (χ3v) is 4.95. The Morgan fingerprint density at radius 3 is 2.50 bits per heavy atom. The van der Waals surface area contributed by atoms with Crippen molar-refractivity contribution in [1.82, 2.24) is 14.9 Å². The van der Waals surface area contributed by atoms with Crippen molar-refractivity contribution in [1.29, 1.82) is 0 Å². The smallest absolute Gasteiger partial charge is 0.244 e. The zero-order valence-corrected chi connectivity index (χ0v) is 13.4. The van der Waals surface area contributed by atoms with Crippen LogP contribution in [0.2, 0.25) is 0 Å². The van der Waals surface area contributed by atoms with Gasteiger partial charge in [-0.15, -0.1) is 0 Å².